The molecule has 7 heteroatoms. The maximum Gasteiger partial charge on any atom is 0.257 e. The molecule has 0 spiro atoms. The molecule has 1 fully saturated rings. The summed E-state index contributed by atoms with van der Waals surface area (Å²) in [6, 6.07) is 6.77. The van der Waals surface area contributed by atoms with Crippen LogP contribution in [-0.4, -0.2) is 48.7 Å². The molecule has 0 saturated carbocycles. The number of hydrogen-bond acceptors (Lipinski definition) is 5. The standard InChI is InChI=1S/C21H24N2O5/c1-14(24)15-3-4-19(27-2)17(11-15)12-20(25)22-18-5-8-23(9-6-18)21(26)16-7-10-28-13-16/h3-4,7,10-11,13,18H,5-6,8-9,12H2,1-2H3,(H,22,25). The van der Waals surface area contributed by atoms with Gasteiger partial charge in [-0.1, -0.05) is 0 Å². The number of amides is 2. The second-order valence-electron chi connectivity index (χ2n) is 6.91. The van der Waals surface area contributed by atoms with Crippen LogP contribution in [0.1, 0.15) is 46.0 Å². The highest BCUT2D eigenvalue weighted by Gasteiger charge is 2.25. The molecule has 0 unspecified atom stereocenters. The number of carbonyl (C=O) groups is 3. The molecule has 0 radical (unpaired) electrons. The van der Waals surface area contributed by atoms with Crippen molar-refractivity contribution in [3.8, 4) is 5.75 Å². The van der Waals surface area contributed by atoms with E-state index in [2.05, 4.69) is 5.32 Å². The fourth-order valence-corrected chi connectivity index (χ4v) is 3.38. The maximum atomic E-state index is 12.5. The third-order valence-corrected chi connectivity index (χ3v) is 4.95. The molecule has 2 heterocycles. The number of piperidine rings is 1. The summed E-state index contributed by atoms with van der Waals surface area (Å²) in [6.45, 7) is 2.65. The lowest BCUT2D eigenvalue weighted by atomic mass is 10.0. The molecule has 1 aromatic heterocycles. The number of rotatable bonds is 6. The Kier molecular flexibility index (Phi) is 6.13. The van der Waals surface area contributed by atoms with Gasteiger partial charge < -0.3 is 19.4 Å². The van der Waals surface area contributed by atoms with Crippen molar-refractivity contribution in [2.45, 2.75) is 32.2 Å². The van der Waals surface area contributed by atoms with Gasteiger partial charge in [0.15, 0.2) is 5.78 Å². The number of carbonyl (C=O) groups excluding carboxylic acids is 3. The quantitative estimate of drug-likeness (QED) is 0.773. The Balaban J connectivity index is 1.54. The van der Waals surface area contributed by atoms with E-state index in [1.165, 1.54) is 26.6 Å². The summed E-state index contributed by atoms with van der Waals surface area (Å²) in [5.41, 5.74) is 1.77. The number of furan rings is 1. The first-order chi connectivity index (χ1) is 13.5. The predicted octanol–water partition coefficient (Wildman–Crippen LogP) is 2.45. The van der Waals surface area contributed by atoms with Crippen LogP contribution in [0.5, 0.6) is 5.75 Å². The van der Waals surface area contributed by atoms with Crippen LogP contribution in [0.25, 0.3) is 0 Å². The van der Waals surface area contributed by atoms with E-state index in [0.29, 0.717) is 48.4 Å². The highest BCUT2D eigenvalue weighted by atomic mass is 16.5. The topological polar surface area (TPSA) is 88.9 Å². The molecular formula is C21H24N2O5. The van der Waals surface area contributed by atoms with E-state index in [4.69, 9.17) is 9.15 Å². The van der Waals surface area contributed by atoms with Crippen LogP contribution in [0.15, 0.2) is 41.2 Å². The van der Waals surface area contributed by atoms with E-state index in [1.54, 1.807) is 29.2 Å². The zero-order chi connectivity index (χ0) is 20.1. The largest absolute Gasteiger partial charge is 0.496 e. The fraction of sp³-hybridized carbons (Fsp3) is 0.381. The van der Waals surface area contributed by atoms with Crippen LogP contribution in [0.4, 0.5) is 0 Å². The second-order valence-corrected chi connectivity index (χ2v) is 6.91. The second kappa shape index (κ2) is 8.73. The highest BCUT2D eigenvalue weighted by Crippen LogP contribution is 2.21. The molecule has 7 nitrogen and oxygen atoms in total. The lowest BCUT2D eigenvalue weighted by Gasteiger charge is -2.32. The summed E-state index contributed by atoms with van der Waals surface area (Å²) in [6.07, 6.45) is 4.45. The molecule has 148 valence electrons. The van der Waals surface area contributed by atoms with Gasteiger partial charge >= 0.3 is 0 Å². The third-order valence-electron chi connectivity index (χ3n) is 4.95. The van der Waals surface area contributed by atoms with Crippen molar-refractivity contribution in [3.05, 3.63) is 53.5 Å². The molecule has 1 aliphatic heterocycles. The Morgan fingerprint density at radius 1 is 1.18 bits per heavy atom. The van der Waals surface area contributed by atoms with E-state index >= 15 is 0 Å². The molecule has 28 heavy (non-hydrogen) atoms. The Labute approximate surface area is 163 Å². The van der Waals surface area contributed by atoms with Crippen molar-refractivity contribution in [2.75, 3.05) is 20.2 Å². The number of likely N-dealkylation sites (tertiary alicyclic amines) is 1. The average Bonchev–Trinajstić information content (AvgIpc) is 3.22. The van der Waals surface area contributed by atoms with Crippen LogP contribution in [-0.2, 0) is 11.2 Å². The minimum Gasteiger partial charge on any atom is -0.496 e. The maximum absolute atomic E-state index is 12.5. The molecule has 2 aromatic rings. The van der Waals surface area contributed by atoms with Gasteiger partial charge in [-0.2, -0.15) is 0 Å². The number of methoxy groups -OCH3 is 1. The monoisotopic (exact) mass is 384 g/mol. The van der Waals surface area contributed by atoms with Crippen molar-refractivity contribution in [1.82, 2.24) is 10.2 Å². The Bertz CT molecular complexity index is 852. The van der Waals surface area contributed by atoms with E-state index in [1.807, 2.05) is 0 Å². The van der Waals surface area contributed by atoms with Crippen molar-refractivity contribution in [3.63, 3.8) is 0 Å². The normalized spacial score (nSPS) is 14.6. The van der Waals surface area contributed by atoms with Crippen molar-refractivity contribution in [1.29, 1.82) is 0 Å². The predicted molar refractivity (Wildman–Crippen MR) is 102 cm³/mol. The summed E-state index contributed by atoms with van der Waals surface area (Å²) >= 11 is 0. The van der Waals surface area contributed by atoms with Gasteiger partial charge in [0.25, 0.3) is 5.91 Å². The number of ketones is 1. The number of ether oxygens (including phenoxy) is 1. The Hall–Kier alpha value is -3.09. The Morgan fingerprint density at radius 3 is 2.54 bits per heavy atom. The van der Waals surface area contributed by atoms with Gasteiger partial charge in [0.05, 0.1) is 25.4 Å². The molecule has 1 saturated heterocycles. The average molecular weight is 384 g/mol. The highest BCUT2D eigenvalue weighted by molar-refractivity contribution is 5.95. The molecule has 2 amide bonds. The van der Waals surface area contributed by atoms with Crippen LogP contribution in [0.2, 0.25) is 0 Å². The van der Waals surface area contributed by atoms with E-state index in [-0.39, 0.29) is 30.1 Å². The van der Waals surface area contributed by atoms with Crippen LogP contribution >= 0.6 is 0 Å². The van der Waals surface area contributed by atoms with Crippen LogP contribution in [0, 0.1) is 0 Å². The van der Waals surface area contributed by atoms with Gasteiger partial charge in [0.1, 0.15) is 12.0 Å². The van der Waals surface area contributed by atoms with Crippen molar-refractivity contribution in [2.24, 2.45) is 0 Å². The smallest absolute Gasteiger partial charge is 0.257 e. The van der Waals surface area contributed by atoms with Gasteiger partial charge in [-0.05, 0) is 44.0 Å². The first-order valence-corrected chi connectivity index (χ1v) is 9.26. The third kappa shape index (κ3) is 4.60. The number of hydrogen-bond donors (Lipinski definition) is 1. The number of Topliss-reactive ketones (excluding diaryl/α,β-unsaturated/α-hetero) is 1. The molecule has 3 rings (SSSR count). The first kappa shape index (κ1) is 19.7. The zero-order valence-corrected chi connectivity index (χ0v) is 16.1. The van der Waals surface area contributed by atoms with Crippen molar-refractivity contribution >= 4 is 17.6 Å². The van der Waals surface area contributed by atoms with Crippen LogP contribution < -0.4 is 10.1 Å². The minimum atomic E-state index is -0.126. The van der Waals surface area contributed by atoms with E-state index in [0.717, 1.165) is 0 Å². The summed E-state index contributed by atoms with van der Waals surface area (Å²) in [7, 11) is 1.54. The van der Waals surface area contributed by atoms with Gasteiger partial charge in [0, 0.05) is 30.3 Å². The Morgan fingerprint density at radius 2 is 1.93 bits per heavy atom. The molecule has 1 N–H and O–H groups in total. The molecule has 1 aliphatic rings. The molecule has 0 aliphatic carbocycles. The number of benzene rings is 1. The molecule has 0 atom stereocenters. The number of nitrogens with zero attached hydrogens (tertiary/aromatic N) is 1. The SMILES string of the molecule is COc1ccc(C(C)=O)cc1CC(=O)NC1CCN(C(=O)c2ccoc2)CC1. The van der Waals surface area contributed by atoms with E-state index < -0.39 is 0 Å². The van der Waals surface area contributed by atoms with Crippen molar-refractivity contribution < 1.29 is 23.5 Å². The summed E-state index contributed by atoms with van der Waals surface area (Å²) in [4.78, 5) is 38.2. The first-order valence-electron chi connectivity index (χ1n) is 9.26. The molecule has 1 aromatic carbocycles. The molecular weight excluding hydrogens is 360 g/mol. The lowest BCUT2D eigenvalue weighted by Crippen LogP contribution is -2.46. The zero-order valence-electron chi connectivity index (χ0n) is 16.1. The van der Waals surface area contributed by atoms with E-state index in [9.17, 15) is 14.4 Å². The van der Waals surface area contributed by atoms with Crippen LogP contribution in [0.3, 0.4) is 0 Å². The van der Waals surface area contributed by atoms with Gasteiger partial charge in [-0.15, -0.1) is 0 Å². The lowest BCUT2D eigenvalue weighted by molar-refractivity contribution is -0.121. The van der Waals surface area contributed by atoms with Gasteiger partial charge in [-0.3, -0.25) is 14.4 Å². The van der Waals surface area contributed by atoms with Gasteiger partial charge in [-0.25, -0.2) is 0 Å². The number of nitrogens with one attached hydrogen (secondary N) is 1. The minimum absolute atomic E-state index is 0.0166. The summed E-state index contributed by atoms with van der Waals surface area (Å²) in [5, 5.41) is 3.03. The summed E-state index contributed by atoms with van der Waals surface area (Å²) in [5.74, 6) is 0.350. The summed E-state index contributed by atoms with van der Waals surface area (Å²) < 4.78 is 10.3. The van der Waals surface area contributed by atoms with Gasteiger partial charge in [0.2, 0.25) is 5.91 Å². The molecule has 0 bridgehead atoms. The fourth-order valence-electron chi connectivity index (χ4n) is 3.38.